The molecule has 6 heteroatoms. The lowest BCUT2D eigenvalue weighted by Gasteiger charge is -2.23. The van der Waals surface area contributed by atoms with E-state index in [0.717, 1.165) is 16.7 Å². The van der Waals surface area contributed by atoms with Crippen LogP contribution in [0.5, 0.6) is 0 Å². The summed E-state index contributed by atoms with van der Waals surface area (Å²) in [5.41, 5.74) is 2.84. The molecule has 0 fully saturated rings. The minimum Gasteiger partial charge on any atom is -0.468 e. The molecule has 2 heterocycles. The molecule has 138 valence electrons. The molecule has 0 aliphatic rings. The molecule has 0 unspecified atom stereocenters. The number of hydrogen-bond acceptors (Lipinski definition) is 4. The van der Waals surface area contributed by atoms with Crippen molar-refractivity contribution < 1.29 is 12.8 Å². The van der Waals surface area contributed by atoms with E-state index in [1.807, 2.05) is 44.4 Å². The van der Waals surface area contributed by atoms with Crippen molar-refractivity contribution in [2.24, 2.45) is 0 Å². The molecule has 0 N–H and O–H groups in total. The fourth-order valence-electron chi connectivity index (χ4n) is 2.90. The summed E-state index contributed by atoms with van der Waals surface area (Å²) in [5, 5.41) is 2.01. The van der Waals surface area contributed by atoms with Gasteiger partial charge in [0.15, 0.2) is 0 Å². The molecule has 0 aliphatic heterocycles. The van der Waals surface area contributed by atoms with Crippen molar-refractivity contribution in [3.05, 3.63) is 75.4 Å². The fraction of sp³-hybridized carbons (Fsp3) is 0.300. The maximum absolute atomic E-state index is 13.4. The van der Waals surface area contributed by atoms with Crippen LogP contribution in [0.2, 0.25) is 0 Å². The average molecular weight is 390 g/mol. The molecule has 0 atom stereocenters. The zero-order chi connectivity index (χ0) is 18.7. The maximum Gasteiger partial charge on any atom is 0.243 e. The van der Waals surface area contributed by atoms with Gasteiger partial charge in [-0.25, -0.2) is 8.42 Å². The Labute approximate surface area is 159 Å². The lowest BCUT2D eigenvalue weighted by molar-refractivity contribution is 0.366. The predicted molar refractivity (Wildman–Crippen MR) is 105 cm³/mol. The number of aryl methyl sites for hydroxylation is 3. The molecule has 3 rings (SSSR count). The number of rotatable bonds is 7. The summed E-state index contributed by atoms with van der Waals surface area (Å²) in [7, 11) is -3.62. The SMILES string of the molecule is Cc1cc(C)c(S(=O)(=O)N(CCc2cccs2)Cc2ccco2)cc1C. The van der Waals surface area contributed by atoms with Crippen molar-refractivity contribution in [1.29, 1.82) is 0 Å². The first-order valence-electron chi connectivity index (χ1n) is 8.50. The maximum atomic E-state index is 13.4. The van der Waals surface area contributed by atoms with Crippen molar-refractivity contribution >= 4 is 21.4 Å². The van der Waals surface area contributed by atoms with E-state index in [1.54, 1.807) is 35.8 Å². The van der Waals surface area contributed by atoms with Gasteiger partial charge in [-0.2, -0.15) is 4.31 Å². The van der Waals surface area contributed by atoms with Crippen LogP contribution < -0.4 is 0 Å². The van der Waals surface area contributed by atoms with Gasteiger partial charge in [0.05, 0.1) is 17.7 Å². The Morgan fingerprint density at radius 1 is 1.04 bits per heavy atom. The molecule has 0 bridgehead atoms. The molecular weight excluding hydrogens is 366 g/mol. The summed E-state index contributed by atoms with van der Waals surface area (Å²) < 4.78 is 33.7. The van der Waals surface area contributed by atoms with E-state index in [1.165, 1.54) is 9.18 Å². The summed E-state index contributed by atoms with van der Waals surface area (Å²) in [5.74, 6) is 0.640. The van der Waals surface area contributed by atoms with Gasteiger partial charge in [-0.1, -0.05) is 12.1 Å². The Kier molecular flexibility index (Phi) is 5.65. The van der Waals surface area contributed by atoms with Crippen LogP contribution in [0.4, 0.5) is 0 Å². The summed E-state index contributed by atoms with van der Waals surface area (Å²) in [6.45, 7) is 6.43. The quantitative estimate of drug-likeness (QED) is 0.588. The van der Waals surface area contributed by atoms with E-state index in [4.69, 9.17) is 4.42 Å². The monoisotopic (exact) mass is 389 g/mol. The van der Waals surface area contributed by atoms with Gasteiger partial charge in [0.1, 0.15) is 5.76 Å². The zero-order valence-electron chi connectivity index (χ0n) is 15.2. The molecule has 0 amide bonds. The fourth-order valence-corrected chi connectivity index (χ4v) is 5.30. The summed E-state index contributed by atoms with van der Waals surface area (Å²) >= 11 is 1.64. The van der Waals surface area contributed by atoms with Crippen LogP contribution in [-0.2, 0) is 23.0 Å². The number of furan rings is 1. The minimum atomic E-state index is -3.62. The first-order valence-corrected chi connectivity index (χ1v) is 10.8. The third-order valence-corrected chi connectivity index (χ3v) is 7.43. The molecule has 0 spiro atoms. The first kappa shape index (κ1) is 18.9. The minimum absolute atomic E-state index is 0.229. The van der Waals surface area contributed by atoms with Crippen LogP contribution in [0.15, 0.2) is 57.4 Å². The Morgan fingerprint density at radius 3 is 2.46 bits per heavy atom. The average Bonchev–Trinajstić information content (AvgIpc) is 3.28. The highest BCUT2D eigenvalue weighted by Gasteiger charge is 2.27. The van der Waals surface area contributed by atoms with Gasteiger partial charge in [0.25, 0.3) is 0 Å². The largest absolute Gasteiger partial charge is 0.468 e. The van der Waals surface area contributed by atoms with Crippen LogP contribution in [0, 0.1) is 20.8 Å². The Bertz CT molecular complexity index is 959. The number of benzene rings is 1. The molecule has 26 heavy (non-hydrogen) atoms. The predicted octanol–water partition coefficient (Wildman–Crippen LogP) is 4.70. The number of thiophene rings is 1. The van der Waals surface area contributed by atoms with Crippen LogP contribution in [0.1, 0.15) is 27.3 Å². The molecule has 0 saturated carbocycles. The smallest absolute Gasteiger partial charge is 0.243 e. The summed E-state index contributed by atoms with van der Waals surface area (Å²) in [6, 6.07) is 11.3. The highest BCUT2D eigenvalue weighted by atomic mass is 32.2. The Morgan fingerprint density at radius 2 is 1.81 bits per heavy atom. The van der Waals surface area contributed by atoms with Crippen LogP contribution in [-0.4, -0.2) is 19.3 Å². The van der Waals surface area contributed by atoms with Gasteiger partial charge in [0, 0.05) is 11.4 Å². The first-order chi connectivity index (χ1) is 12.4. The third-order valence-electron chi connectivity index (χ3n) is 4.51. The van der Waals surface area contributed by atoms with Crippen molar-refractivity contribution in [3.8, 4) is 0 Å². The molecule has 4 nitrogen and oxygen atoms in total. The van der Waals surface area contributed by atoms with Crippen LogP contribution in [0.25, 0.3) is 0 Å². The lowest BCUT2D eigenvalue weighted by atomic mass is 10.1. The second-order valence-electron chi connectivity index (χ2n) is 6.45. The molecule has 0 aliphatic carbocycles. The Hall–Kier alpha value is -1.89. The lowest BCUT2D eigenvalue weighted by Crippen LogP contribution is -2.33. The van der Waals surface area contributed by atoms with Crippen LogP contribution >= 0.6 is 11.3 Å². The second-order valence-corrected chi connectivity index (χ2v) is 9.39. The Balaban J connectivity index is 1.94. The topological polar surface area (TPSA) is 50.5 Å². The van der Waals surface area contributed by atoms with Gasteiger partial charge in [-0.15, -0.1) is 11.3 Å². The van der Waals surface area contributed by atoms with Gasteiger partial charge in [-0.3, -0.25) is 0 Å². The molecule has 2 aromatic heterocycles. The zero-order valence-corrected chi connectivity index (χ0v) is 16.9. The standard InChI is InChI=1S/C20H23NO3S2/c1-15-12-17(3)20(13-16(15)2)26(22,23)21(14-18-6-4-10-24-18)9-8-19-7-5-11-25-19/h4-7,10-13H,8-9,14H2,1-3H3. The van der Waals surface area contributed by atoms with E-state index in [9.17, 15) is 8.42 Å². The van der Waals surface area contributed by atoms with E-state index < -0.39 is 10.0 Å². The van der Waals surface area contributed by atoms with E-state index >= 15 is 0 Å². The second kappa shape index (κ2) is 7.78. The van der Waals surface area contributed by atoms with E-state index in [-0.39, 0.29) is 6.54 Å². The van der Waals surface area contributed by atoms with Gasteiger partial charge in [0.2, 0.25) is 10.0 Å². The van der Waals surface area contributed by atoms with Crippen LogP contribution in [0.3, 0.4) is 0 Å². The number of hydrogen-bond donors (Lipinski definition) is 0. The molecule has 0 radical (unpaired) electrons. The van der Waals surface area contributed by atoms with Crippen molar-refractivity contribution in [1.82, 2.24) is 4.31 Å². The highest BCUT2D eigenvalue weighted by Crippen LogP contribution is 2.25. The molecular formula is C20H23NO3S2. The van der Waals surface area contributed by atoms with Crippen molar-refractivity contribution in [3.63, 3.8) is 0 Å². The summed E-state index contributed by atoms with van der Waals surface area (Å²) in [6.07, 6.45) is 2.25. The van der Waals surface area contributed by atoms with E-state index in [0.29, 0.717) is 23.6 Å². The third kappa shape index (κ3) is 4.09. The summed E-state index contributed by atoms with van der Waals surface area (Å²) in [4.78, 5) is 1.54. The molecule has 0 saturated heterocycles. The molecule has 3 aromatic rings. The molecule has 1 aromatic carbocycles. The highest BCUT2D eigenvalue weighted by molar-refractivity contribution is 7.89. The number of nitrogens with zero attached hydrogens (tertiary/aromatic N) is 1. The van der Waals surface area contributed by atoms with E-state index in [2.05, 4.69) is 0 Å². The van der Waals surface area contributed by atoms with Gasteiger partial charge in [-0.05, 0) is 73.5 Å². The van der Waals surface area contributed by atoms with Crippen molar-refractivity contribution in [2.75, 3.05) is 6.54 Å². The van der Waals surface area contributed by atoms with Gasteiger partial charge < -0.3 is 4.42 Å². The normalized spacial score (nSPS) is 12.0. The number of sulfonamides is 1. The van der Waals surface area contributed by atoms with Gasteiger partial charge >= 0.3 is 0 Å². The van der Waals surface area contributed by atoms with Crippen molar-refractivity contribution in [2.45, 2.75) is 38.6 Å².